The van der Waals surface area contributed by atoms with Gasteiger partial charge in [0, 0.05) is 38.0 Å². The number of nitrogens with zero attached hydrogens (tertiary/aromatic N) is 2. The van der Waals surface area contributed by atoms with Gasteiger partial charge in [0.05, 0.1) is 19.3 Å². The van der Waals surface area contributed by atoms with Gasteiger partial charge >= 0.3 is 6.03 Å². The Labute approximate surface area is 144 Å². The predicted octanol–water partition coefficient (Wildman–Crippen LogP) is 2.17. The van der Waals surface area contributed by atoms with Gasteiger partial charge in [-0.25, -0.2) is 4.79 Å². The minimum atomic E-state index is 0.178. The molecule has 2 aliphatic heterocycles. The zero-order valence-electron chi connectivity index (χ0n) is 14.2. The minimum absolute atomic E-state index is 0.178. The van der Waals surface area contributed by atoms with Gasteiger partial charge in [0.25, 0.3) is 0 Å². The normalized spacial score (nSPS) is 28.3. The van der Waals surface area contributed by atoms with E-state index in [4.69, 9.17) is 4.74 Å². The van der Waals surface area contributed by atoms with E-state index in [-0.39, 0.29) is 6.03 Å². The number of hydrogen-bond donors (Lipinski definition) is 1. The number of rotatable bonds is 3. The van der Waals surface area contributed by atoms with E-state index >= 15 is 0 Å². The number of ether oxygens (including phenoxy) is 1. The lowest BCUT2D eigenvalue weighted by molar-refractivity contribution is 0.0282. The Balaban J connectivity index is 1.56. The number of carbonyl (C=O) groups excluding carboxylic acids is 1. The number of urea groups is 1. The first kappa shape index (κ1) is 17.4. The van der Waals surface area contributed by atoms with E-state index in [1.807, 2.05) is 11.8 Å². The summed E-state index contributed by atoms with van der Waals surface area (Å²) in [5.74, 6) is 2.24. The highest BCUT2D eigenvalue weighted by molar-refractivity contribution is 7.99. The van der Waals surface area contributed by atoms with Gasteiger partial charge in [-0.2, -0.15) is 11.8 Å². The van der Waals surface area contributed by atoms with Crippen molar-refractivity contribution in [3.05, 3.63) is 0 Å². The molecule has 2 amide bonds. The Morgan fingerprint density at radius 1 is 1.09 bits per heavy atom. The van der Waals surface area contributed by atoms with Crippen molar-refractivity contribution in [1.29, 1.82) is 0 Å². The molecule has 0 spiro atoms. The summed E-state index contributed by atoms with van der Waals surface area (Å²) in [4.78, 5) is 17.4. The Kier molecular flexibility index (Phi) is 6.90. The fourth-order valence-corrected chi connectivity index (χ4v) is 4.89. The van der Waals surface area contributed by atoms with Crippen LogP contribution in [-0.2, 0) is 4.74 Å². The molecule has 1 N–H and O–H groups in total. The monoisotopic (exact) mass is 341 g/mol. The summed E-state index contributed by atoms with van der Waals surface area (Å²) in [7, 11) is 0. The van der Waals surface area contributed by atoms with Crippen molar-refractivity contribution >= 4 is 17.8 Å². The van der Waals surface area contributed by atoms with Crippen LogP contribution in [0.2, 0.25) is 0 Å². The summed E-state index contributed by atoms with van der Waals surface area (Å²) in [5.41, 5.74) is 0. The summed E-state index contributed by atoms with van der Waals surface area (Å²) in [6.07, 6.45) is 7.27. The minimum Gasteiger partial charge on any atom is -0.379 e. The van der Waals surface area contributed by atoms with Crippen LogP contribution in [0.1, 0.15) is 38.5 Å². The second-order valence-corrected chi connectivity index (χ2v) is 8.12. The van der Waals surface area contributed by atoms with Gasteiger partial charge in [-0.3, -0.25) is 4.90 Å². The summed E-state index contributed by atoms with van der Waals surface area (Å²) in [5, 5.41) is 3.32. The smallest absolute Gasteiger partial charge is 0.317 e. The van der Waals surface area contributed by atoms with E-state index in [1.54, 1.807) is 0 Å². The first-order valence-electron chi connectivity index (χ1n) is 9.28. The second-order valence-electron chi connectivity index (χ2n) is 6.97. The molecule has 0 aromatic carbocycles. The van der Waals surface area contributed by atoms with Crippen LogP contribution in [0.5, 0.6) is 0 Å². The Morgan fingerprint density at radius 2 is 1.87 bits per heavy atom. The first-order valence-corrected chi connectivity index (χ1v) is 10.4. The van der Waals surface area contributed by atoms with E-state index in [2.05, 4.69) is 15.1 Å². The second kappa shape index (κ2) is 9.14. The lowest BCUT2D eigenvalue weighted by Crippen LogP contribution is -2.54. The highest BCUT2D eigenvalue weighted by Gasteiger charge is 2.29. The molecule has 0 aromatic heterocycles. The molecule has 2 heterocycles. The molecule has 132 valence electrons. The number of thioether (sulfide) groups is 1. The van der Waals surface area contributed by atoms with E-state index in [9.17, 15) is 4.79 Å². The zero-order chi connectivity index (χ0) is 15.9. The highest BCUT2D eigenvalue weighted by Crippen LogP contribution is 2.20. The van der Waals surface area contributed by atoms with Crippen LogP contribution < -0.4 is 5.32 Å². The van der Waals surface area contributed by atoms with Crippen LogP contribution in [0.3, 0.4) is 0 Å². The molecule has 0 radical (unpaired) electrons. The quantitative estimate of drug-likeness (QED) is 0.854. The Morgan fingerprint density at radius 3 is 2.65 bits per heavy atom. The molecular weight excluding hydrogens is 310 g/mol. The third-order valence-corrected chi connectivity index (χ3v) is 6.40. The highest BCUT2D eigenvalue weighted by atomic mass is 32.2. The average molecular weight is 342 g/mol. The molecular formula is C17H31N3O2S. The topological polar surface area (TPSA) is 44.8 Å². The van der Waals surface area contributed by atoms with Crippen molar-refractivity contribution in [2.24, 2.45) is 0 Å². The maximum absolute atomic E-state index is 12.8. The Hall–Kier alpha value is -0.460. The lowest BCUT2D eigenvalue weighted by atomic mass is 9.96. The Bertz CT molecular complexity index is 371. The van der Waals surface area contributed by atoms with Gasteiger partial charge < -0.3 is 15.0 Å². The number of morpholine rings is 1. The predicted molar refractivity (Wildman–Crippen MR) is 95.1 cm³/mol. The summed E-state index contributed by atoms with van der Waals surface area (Å²) >= 11 is 2.00. The van der Waals surface area contributed by atoms with E-state index in [0.717, 1.165) is 64.4 Å². The van der Waals surface area contributed by atoms with Gasteiger partial charge in [-0.05, 0) is 25.0 Å². The van der Waals surface area contributed by atoms with Gasteiger partial charge in [0.2, 0.25) is 0 Å². The molecule has 1 unspecified atom stereocenters. The van der Waals surface area contributed by atoms with Crippen LogP contribution in [0.15, 0.2) is 0 Å². The van der Waals surface area contributed by atoms with Crippen LogP contribution in [0, 0.1) is 0 Å². The first-order chi connectivity index (χ1) is 11.3. The molecule has 5 nitrogen and oxygen atoms in total. The summed E-state index contributed by atoms with van der Waals surface area (Å²) < 4.78 is 5.45. The molecule has 1 saturated carbocycles. The maximum atomic E-state index is 12.8. The molecule has 6 heteroatoms. The molecule has 3 rings (SSSR count). The van der Waals surface area contributed by atoms with Crippen LogP contribution in [-0.4, -0.2) is 78.8 Å². The molecule has 23 heavy (non-hydrogen) atoms. The van der Waals surface area contributed by atoms with Crippen molar-refractivity contribution in [3.8, 4) is 0 Å². The van der Waals surface area contributed by atoms with Crippen LogP contribution in [0.25, 0.3) is 0 Å². The van der Waals surface area contributed by atoms with E-state index in [1.165, 1.54) is 25.0 Å². The summed E-state index contributed by atoms with van der Waals surface area (Å²) in [6.45, 7) is 5.55. The third kappa shape index (κ3) is 5.26. The number of hydrogen-bond acceptors (Lipinski definition) is 4. The van der Waals surface area contributed by atoms with Gasteiger partial charge in [0.15, 0.2) is 0 Å². The molecule has 0 aromatic rings. The van der Waals surface area contributed by atoms with Crippen molar-refractivity contribution in [2.75, 3.05) is 50.9 Å². The van der Waals surface area contributed by atoms with Gasteiger partial charge in [0.1, 0.15) is 0 Å². The van der Waals surface area contributed by atoms with Crippen molar-refractivity contribution in [3.63, 3.8) is 0 Å². The van der Waals surface area contributed by atoms with E-state index in [0.29, 0.717) is 12.1 Å². The van der Waals surface area contributed by atoms with Crippen molar-refractivity contribution in [2.45, 2.75) is 50.6 Å². The standard InChI is InChI=1S/C17H31N3O2S/c21-17(18-15-5-2-1-3-6-15)20-7-4-12-23-14-16(20)13-19-8-10-22-11-9-19/h15-16H,1-14H2,(H,18,21). The molecule has 2 saturated heterocycles. The molecule has 3 aliphatic rings. The van der Waals surface area contributed by atoms with Crippen molar-refractivity contribution < 1.29 is 9.53 Å². The number of amides is 2. The fourth-order valence-electron chi connectivity index (χ4n) is 3.83. The molecule has 1 atom stereocenters. The van der Waals surface area contributed by atoms with Crippen molar-refractivity contribution in [1.82, 2.24) is 15.1 Å². The molecule has 3 fully saturated rings. The number of nitrogens with one attached hydrogen (secondary N) is 1. The average Bonchev–Trinajstić information content (AvgIpc) is 2.82. The summed E-state index contributed by atoms with van der Waals surface area (Å²) in [6, 6.07) is 0.915. The van der Waals surface area contributed by atoms with Gasteiger partial charge in [-0.1, -0.05) is 19.3 Å². The van der Waals surface area contributed by atoms with Crippen LogP contribution in [0.4, 0.5) is 4.79 Å². The fraction of sp³-hybridized carbons (Fsp3) is 0.941. The SMILES string of the molecule is O=C(NC1CCCCC1)N1CCCSCC1CN1CCOCC1. The van der Waals surface area contributed by atoms with Crippen LogP contribution >= 0.6 is 11.8 Å². The third-order valence-electron chi connectivity index (χ3n) is 5.20. The largest absolute Gasteiger partial charge is 0.379 e. The number of carbonyl (C=O) groups is 1. The molecule has 1 aliphatic carbocycles. The molecule has 0 bridgehead atoms. The van der Waals surface area contributed by atoms with E-state index < -0.39 is 0 Å². The lowest BCUT2D eigenvalue weighted by Gasteiger charge is -2.36. The van der Waals surface area contributed by atoms with Gasteiger partial charge in [-0.15, -0.1) is 0 Å². The maximum Gasteiger partial charge on any atom is 0.317 e. The zero-order valence-corrected chi connectivity index (χ0v) is 15.0.